The average Bonchev–Trinajstić information content (AvgIpc) is 3.39. The Bertz CT molecular complexity index is 917. The van der Waals surface area contributed by atoms with Crippen LogP contribution < -0.4 is 21.3 Å². The number of nitrogens with one attached hydrogen (secondary N) is 4. The van der Waals surface area contributed by atoms with Crippen LogP contribution in [-0.4, -0.2) is 66.7 Å². The molecule has 210 valence electrons. The highest BCUT2D eigenvalue weighted by atomic mass is 19.4. The maximum Gasteiger partial charge on any atom is 0.471 e. The smallest absolute Gasteiger partial charge is 0.350 e. The van der Waals surface area contributed by atoms with Crippen LogP contribution in [0.1, 0.15) is 73.6 Å². The number of aliphatic imine (C=N–C) groups is 1. The minimum absolute atomic E-state index is 0.0609. The molecule has 2 fully saturated rings. The Hall–Kier alpha value is -2.66. The first-order chi connectivity index (χ1) is 16.8. The number of carbonyl (C=O) groups excluding carboxylic acids is 4. The van der Waals surface area contributed by atoms with Gasteiger partial charge in [0.1, 0.15) is 12.1 Å². The number of nitrogens with zero attached hydrogens (tertiary/aromatic N) is 1. The van der Waals surface area contributed by atoms with Crippen molar-refractivity contribution in [2.24, 2.45) is 21.7 Å². The summed E-state index contributed by atoms with van der Waals surface area (Å²) in [5.74, 6) is -4.04. The van der Waals surface area contributed by atoms with Gasteiger partial charge in [-0.1, -0.05) is 41.5 Å². The maximum atomic E-state index is 13.3. The van der Waals surface area contributed by atoms with Crippen LogP contribution in [0.15, 0.2) is 4.99 Å². The molecule has 1 spiro atoms. The van der Waals surface area contributed by atoms with E-state index in [1.165, 1.54) is 27.0 Å². The van der Waals surface area contributed by atoms with Crippen LogP contribution in [0.25, 0.3) is 0 Å². The summed E-state index contributed by atoms with van der Waals surface area (Å²) in [7, 11) is 1.54. The van der Waals surface area contributed by atoms with Gasteiger partial charge in [-0.15, -0.1) is 0 Å². The molecule has 4 atom stereocenters. The first kappa shape index (κ1) is 30.6. The van der Waals surface area contributed by atoms with E-state index in [1.807, 2.05) is 20.8 Å². The van der Waals surface area contributed by atoms with Gasteiger partial charge in [-0.3, -0.25) is 24.2 Å². The predicted octanol–water partition coefficient (Wildman–Crippen LogP) is 2.24. The fourth-order valence-corrected chi connectivity index (χ4v) is 4.54. The molecular weight excluding hydrogens is 491 g/mol. The van der Waals surface area contributed by atoms with Gasteiger partial charge < -0.3 is 21.3 Å². The van der Waals surface area contributed by atoms with Crippen LogP contribution >= 0.6 is 0 Å². The molecule has 1 saturated carbocycles. The quantitative estimate of drug-likeness (QED) is 0.340. The topological polar surface area (TPSA) is 129 Å². The van der Waals surface area contributed by atoms with Crippen molar-refractivity contribution in [3.05, 3.63) is 0 Å². The minimum atomic E-state index is -5.16. The third kappa shape index (κ3) is 8.99. The number of halogens is 3. The van der Waals surface area contributed by atoms with E-state index < -0.39 is 52.9 Å². The highest BCUT2D eigenvalue weighted by Gasteiger charge is 2.52. The summed E-state index contributed by atoms with van der Waals surface area (Å²) in [4.78, 5) is 54.5. The van der Waals surface area contributed by atoms with E-state index in [0.29, 0.717) is 12.8 Å². The van der Waals surface area contributed by atoms with Crippen LogP contribution in [0.4, 0.5) is 13.2 Å². The molecule has 4 amide bonds. The lowest BCUT2D eigenvalue weighted by Gasteiger charge is -2.33. The molecule has 9 nitrogen and oxygen atoms in total. The lowest BCUT2D eigenvalue weighted by atomic mass is 9.84. The number of hydrogen-bond donors (Lipinski definition) is 4. The van der Waals surface area contributed by atoms with Crippen molar-refractivity contribution in [3.63, 3.8) is 0 Å². The van der Waals surface area contributed by atoms with Crippen LogP contribution in [0.3, 0.4) is 0 Å². The van der Waals surface area contributed by atoms with Gasteiger partial charge in [-0.2, -0.15) is 13.2 Å². The average molecular weight is 532 g/mol. The van der Waals surface area contributed by atoms with Gasteiger partial charge in [0.15, 0.2) is 0 Å². The Kier molecular flexibility index (Phi) is 9.07. The number of amides is 4. The first-order valence-electron chi connectivity index (χ1n) is 12.5. The van der Waals surface area contributed by atoms with Crippen molar-refractivity contribution in [2.45, 2.75) is 103 Å². The highest BCUT2D eigenvalue weighted by molar-refractivity contribution is 5.94. The standard InChI is InChI=1S/C25H40F3N5O4/c1-22(2,3)12-16(31-20(36)17(23(4,5)6)32-21(37)25(26,27)28)19(35)30-15(13-29-7)10-14-11-24(8-9-24)33-18(14)34/h13-17H,8-12H2,1-7H3,(H,30,35)(H,31,36)(H,32,37)(H,33,34). The van der Waals surface area contributed by atoms with E-state index in [-0.39, 0.29) is 23.8 Å². The molecule has 4 unspecified atom stereocenters. The van der Waals surface area contributed by atoms with Gasteiger partial charge in [-0.25, -0.2) is 0 Å². The molecule has 1 aliphatic heterocycles. The lowest BCUT2D eigenvalue weighted by Crippen LogP contribution is -2.60. The van der Waals surface area contributed by atoms with E-state index in [9.17, 15) is 32.3 Å². The molecule has 0 aromatic carbocycles. The van der Waals surface area contributed by atoms with Gasteiger partial charge >= 0.3 is 12.1 Å². The number of alkyl halides is 3. The molecule has 0 radical (unpaired) electrons. The summed E-state index contributed by atoms with van der Waals surface area (Å²) < 4.78 is 38.7. The van der Waals surface area contributed by atoms with Gasteiger partial charge in [-0.05, 0) is 42.9 Å². The van der Waals surface area contributed by atoms with E-state index in [1.54, 1.807) is 12.4 Å². The Morgan fingerprint density at radius 1 is 1.05 bits per heavy atom. The van der Waals surface area contributed by atoms with Crippen LogP contribution in [-0.2, 0) is 19.2 Å². The first-order valence-corrected chi connectivity index (χ1v) is 12.5. The molecule has 1 saturated heterocycles. The molecule has 37 heavy (non-hydrogen) atoms. The molecule has 2 rings (SSSR count). The van der Waals surface area contributed by atoms with E-state index >= 15 is 0 Å². The second-order valence-electron chi connectivity index (χ2n) is 12.5. The Morgan fingerprint density at radius 3 is 2.08 bits per heavy atom. The highest BCUT2D eigenvalue weighted by Crippen LogP contribution is 2.46. The van der Waals surface area contributed by atoms with Gasteiger partial charge in [0, 0.05) is 24.7 Å². The molecular formula is C25H40F3N5O4. The minimum Gasteiger partial charge on any atom is -0.350 e. The van der Waals surface area contributed by atoms with E-state index in [0.717, 1.165) is 12.8 Å². The summed E-state index contributed by atoms with van der Waals surface area (Å²) >= 11 is 0. The third-order valence-corrected chi connectivity index (χ3v) is 6.56. The molecule has 0 bridgehead atoms. The summed E-state index contributed by atoms with van der Waals surface area (Å²) in [5, 5.41) is 10.2. The van der Waals surface area contributed by atoms with Crippen LogP contribution in [0.5, 0.6) is 0 Å². The molecule has 0 aromatic heterocycles. The van der Waals surface area contributed by atoms with Crippen LogP contribution in [0.2, 0.25) is 0 Å². The maximum absolute atomic E-state index is 13.3. The van der Waals surface area contributed by atoms with E-state index in [2.05, 4.69) is 20.9 Å². The molecule has 0 aromatic rings. The Morgan fingerprint density at radius 2 is 1.65 bits per heavy atom. The second-order valence-corrected chi connectivity index (χ2v) is 12.5. The summed E-state index contributed by atoms with van der Waals surface area (Å²) in [6.45, 7) is 10.1. The molecule has 1 heterocycles. The zero-order chi connectivity index (χ0) is 28.4. The number of carbonyl (C=O) groups is 4. The lowest BCUT2D eigenvalue weighted by molar-refractivity contribution is -0.175. The molecule has 1 aliphatic carbocycles. The van der Waals surface area contributed by atoms with Crippen molar-refractivity contribution in [3.8, 4) is 0 Å². The van der Waals surface area contributed by atoms with Crippen LogP contribution in [0, 0.1) is 16.7 Å². The Balaban J connectivity index is 2.18. The fourth-order valence-electron chi connectivity index (χ4n) is 4.54. The predicted molar refractivity (Wildman–Crippen MR) is 133 cm³/mol. The van der Waals surface area contributed by atoms with Crippen molar-refractivity contribution in [1.29, 1.82) is 0 Å². The monoisotopic (exact) mass is 531 g/mol. The second kappa shape index (κ2) is 11.0. The number of hydrogen-bond acceptors (Lipinski definition) is 5. The van der Waals surface area contributed by atoms with Crippen molar-refractivity contribution in [2.75, 3.05) is 7.05 Å². The SMILES string of the molecule is CN=CC(CC1CC2(CC2)NC1=O)NC(=O)C(CC(C)(C)C)NC(=O)C(NC(=O)C(F)(F)F)C(C)(C)C. The van der Waals surface area contributed by atoms with Crippen molar-refractivity contribution < 1.29 is 32.3 Å². The molecule has 4 N–H and O–H groups in total. The zero-order valence-electron chi connectivity index (χ0n) is 22.6. The van der Waals surface area contributed by atoms with E-state index in [4.69, 9.17) is 0 Å². The summed E-state index contributed by atoms with van der Waals surface area (Å²) in [6.07, 6.45) is -0.563. The molecule has 12 heteroatoms. The van der Waals surface area contributed by atoms with Crippen molar-refractivity contribution >= 4 is 29.8 Å². The number of rotatable bonds is 9. The summed E-state index contributed by atoms with van der Waals surface area (Å²) in [5.41, 5.74) is -1.62. The fraction of sp³-hybridized carbons (Fsp3) is 0.800. The largest absolute Gasteiger partial charge is 0.471 e. The van der Waals surface area contributed by atoms with Gasteiger partial charge in [0.25, 0.3) is 0 Å². The third-order valence-electron chi connectivity index (χ3n) is 6.56. The normalized spacial score (nSPS) is 21.8. The van der Waals surface area contributed by atoms with Gasteiger partial charge in [0.2, 0.25) is 17.7 Å². The Labute approximate surface area is 216 Å². The molecule has 2 aliphatic rings. The van der Waals surface area contributed by atoms with Crippen molar-refractivity contribution in [1.82, 2.24) is 21.3 Å². The summed E-state index contributed by atoms with van der Waals surface area (Å²) in [6, 6.07) is -3.22. The van der Waals surface area contributed by atoms with Gasteiger partial charge in [0.05, 0.1) is 6.04 Å². The zero-order valence-corrected chi connectivity index (χ0v) is 22.6.